The number of rotatable bonds is 2. The molecule has 0 radical (unpaired) electrons. The van der Waals surface area contributed by atoms with Crippen LogP contribution in [0.3, 0.4) is 0 Å². The molecule has 2 aliphatic rings. The first-order valence-corrected chi connectivity index (χ1v) is 8.98. The highest BCUT2D eigenvalue weighted by Crippen LogP contribution is 2.41. The minimum atomic E-state index is 0.191. The molecule has 2 fully saturated rings. The molecule has 7 heteroatoms. The van der Waals surface area contributed by atoms with E-state index in [4.69, 9.17) is 16.3 Å². The van der Waals surface area contributed by atoms with Gasteiger partial charge in [-0.15, -0.1) is 0 Å². The summed E-state index contributed by atoms with van der Waals surface area (Å²) < 4.78 is 6.74. The first kappa shape index (κ1) is 14.8. The molecule has 1 aliphatic carbocycles. The van der Waals surface area contributed by atoms with E-state index in [9.17, 15) is 0 Å². The highest BCUT2D eigenvalue weighted by atomic mass is 127. The molecule has 1 aliphatic heterocycles. The molecule has 2 aromatic heterocycles. The van der Waals surface area contributed by atoms with Crippen molar-refractivity contribution in [1.29, 1.82) is 0 Å². The molecule has 2 aromatic rings. The number of nitrogens with one attached hydrogen (secondary N) is 1. The van der Waals surface area contributed by atoms with Crippen LogP contribution >= 0.6 is 34.2 Å². The van der Waals surface area contributed by atoms with E-state index in [1.165, 1.54) is 6.42 Å². The third-order valence-corrected chi connectivity index (χ3v) is 5.82. The Kier molecular flexibility index (Phi) is 3.86. The zero-order valence-electron chi connectivity index (χ0n) is 12.0. The van der Waals surface area contributed by atoms with Crippen molar-refractivity contribution < 1.29 is 4.74 Å². The Labute approximate surface area is 147 Å². The summed E-state index contributed by atoms with van der Waals surface area (Å²) in [6.45, 7) is 0.930. The van der Waals surface area contributed by atoms with E-state index in [1.807, 2.05) is 0 Å². The molecule has 3 heterocycles. The summed E-state index contributed by atoms with van der Waals surface area (Å²) in [6.07, 6.45) is 9.18. The second kappa shape index (κ2) is 5.72. The number of nitrogens with zero attached hydrogens (tertiary/aromatic N) is 3. The lowest BCUT2D eigenvalue weighted by Gasteiger charge is -2.46. The van der Waals surface area contributed by atoms with Crippen LogP contribution in [0.15, 0.2) is 12.4 Å². The summed E-state index contributed by atoms with van der Waals surface area (Å²) in [4.78, 5) is 13.1. The first-order valence-electron chi connectivity index (χ1n) is 7.52. The third kappa shape index (κ3) is 2.65. The van der Waals surface area contributed by atoms with Crippen molar-refractivity contribution in [1.82, 2.24) is 15.0 Å². The molecule has 22 heavy (non-hydrogen) atoms. The Morgan fingerprint density at radius 2 is 2.00 bits per heavy atom. The number of aromatic nitrogens is 3. The van der Waals surface area contributed by atoms with Crippen molar-refractivity contribution in [3.8, 4) is 0 Å². The van der Waals surface area contributed by atoms with Gasteiger partial charge in [0.15, 0.2) is 0 Å². The maximum atomic E-state index is 6.10. The van der Waals surface area contributed by atoms with Crippen LogP contribution in [0.25, 0.3) is 10.9 Å². The number of hydrogen-bond acceptors (Lipinski definition) is 5. The van der Waals surface area contributed by atoms with Crippen LogP contribution in [0.2, 0.25) is 5.15 Å². The Morgan fingerprint density at radius 3 is 2.68 bits per heavy atom. The van der Waals surface area contributed by atoms with Crippen LogP contribution in [0, 0.1) is 3.57 Å². The van der Waals surface area contributed by atoms with Crippen molar-refractivity contribution in [2.24, 2.45) is 0 Å². The quantitative estimate of drug-likeness (QED) is 0.580. The van der Waals surface area contributed by atoms with Crippen LogP contribution in [0.5, 0.6) is 0 Å². The molecule has 0 bridgehead atoms. The minimum absolute atomic E-state index is 0.191. The summed E-state index contributed by atoms with van der Waals surface area (Å²) >= 11 is 8.32. The first-order chi connectivity index (χ1) is 10.7. The molecule has 0 unspecified atom stereocenters. The van der Waals surface area contributed by atoms with Gasteiger partial charge in [-0.1, -0.05) is 11.6 Å². The lowest BCUT2D eigenvalue weighted by molar-refractivity contribution is -0.165. The van der Waals surface area contributed by atoms with E-state index in [0.717, 1.165) is 46.8 Å². The minimum Gasteiger partial charge on any atom is -0.375 e. The summed E-state index contributed by atoms with van der Waals surface area (Å²) in [5.41, 5.74) is 1.05. The monoisotopic (exact) mass is 430 g/mol. The lowest BCUT2D eigenvalue weighted by Crippen LogP contribution is -2.48. The van der Waals surface area contributed by atoms with Crippen molar-refractivity contribution in [3.63, 3.8) is 0 Å². The Hall–Kier alpha value is -0.730. The van der Waals surface area contributed by atoms with Gasteiger partial charge in [0.2, 0.25) is 5.95 Å². The van der Waals surface area contributed by atoms with Crippen molar-refractivity contribution in [3.05, 3.63) is 21.1 Å². The van der Waals surface area contributed by atoms with Gasteiger partial charge in [0.05, 0.1) is 26.7 Å². The van der Waals surface area contributed by atoms with E-state index < -0.39 is 0 Å². The fourth-order valence-corrected chi connectivity index (χ4v) is 4.02. The standard InChI is InChI=1S/C15H16ClIN4O/c16-13-10-7-19-14(21-12(10)11(17)8-18-13)20-9-1-3-15(4-2-9)5-6-22-15/h7-9H,1-6H2,(H,19,20,21). The molecule has 116 valence electrons. The second-order valence-corrected chi connectivity index (χ2v) is 7.57. The summed E-state index contributed by atoms with van der Waals surface area (Å²) in [6, 6.07) is 0.419. The average molecular weight is 431 g/mol. The maximum Gasteiger partial charge on any atom is 0.223 e. The Bertz CT molecular complexity index is 712. The second-order valence-electron chi connectivity index (χ2n) is 6.05. The molecule has 0 aromatic carbocycles. The molecular formula is C15H16ClIN4O. The van der Waals surface area contributed by atoms with Crippen LogP contribution < -0.4 is 5.32 Å². The molecular weight excluding hydrogens is 415 g/mol. The van der Waals surface area contributed by atoms with Gasteiger partial charge in [-0.3, -0.25) is 0 Å². The molecule has 1 spiro atoms. The summed E-state index contributed by atoms with van der Waals surface area (Å²) in [5.74, 6) is 0.670. The topological polar surface area (TPSA) is 59.9 Å². The third-order valence-electron chi connectivity index (χ3n) is 4.72. The summed E-state index contributed by atoms with van der Waals surface area (Å²) in [5, 5.41) is 4.70. The van der Waals surface area contributed by atoms with Gasteiger partial charge in [0.25, 0.3) is 0 Å². The average Bonchev–Trinajstić information content (AvgIpc) is 2.50. The van der Waals surface area contributed by atoms with E-state index in [2.05, 4.69) is 42.9 Å². The van der Waals surface area contributed by atoms with Gasteiger partial charge in [-0.05, 0) is 54.7 Å². The predicted octanol–water partition coefficient (Wildman–Crippen LogP) is 3.80. The van der Waals surface area contributed by atoms with Gasteiger partial charge in [-0.2, -0.15) is 0 Å². The predicted molar refractivity (Wildman–Crippen MR) is 94.2 cm³/mol. The lowest BCUT2D eigenvalue weighted by atomic mass is 9.77. The molecule has 5 nitrogen and oxygen atoms in total. The van der Waals surface area contributed by atoms with Crippen LogP contribution in [0.1, 0.15) is 32.1 Å². The van der Waals surface area contributed by atoms with Gasteiger partial charge < -0.3 is 10.1 Å². The zero-order chi connectivity index (χ0) is 15.2. The van der Waals surface area contributed by atoms with Crippen LogP contribution in [0.4, 0.5) is 5.95 Å². The van der Waals surface area contributed by atoms with Gasteiger partial charge in [-0.25, -0.2) is 15.0 Å². The summed E-state index contributed by atoms with van der Waals surface area (Å²) in [7, 11) is 0. The Morgan fingerprint density at radius 1 is 1.23 bits per heavy atom. The molecule has 4 rings (SSSR count). The van der Waals surface area contributed by atoms with E-state index in [-0.39, 0.29) is 5.60 Å². The number of fused-ring (bicyclic) bond motifs is 1. The van der Waals surface area contributed by atoms with Gasteiger partial charge in [0, 0.05) is 18.4 Å². The fourth-order valence-electron chi connectivity index (χ4n) is 3.28. The SMILES string of the molecule is Clc1ncc(I)c2nc(NC3CCC4(CCO4)CC3)ncc12. The normalized spacial score (nSPS) is 27.8. The van der Waals surface area contributed by atoms with Gasteiger partial charge in [0.1, 0.15) is 5.15 Å². The number of hydrogen-bond donors (Lipinski definition) is 1. The number of anilines is 1. The molecule has 1 saturated carbocycles. The highest BCUT2D eigenvalue weighted by molar-refractivity contribution is 14.1. The molecule has 1 N–H and O–H groups in total. The zero-order valence-corrected chi connectivity index (χ0v) is 14.9. The fraction of sp³-hybridized carbons (Fsp3) is 0.533. The van der Waals surface area contributed by atoms with Crippen LogP contribution in [-0.4, -0.2) is 33.2 Å². The largest absolute Gasteiger partial charge is 0.375 e. The van der Waals surface area contributed by atoms with E-state index in [1.54, 1.807) is 12.4 Å². The maximum absolute atomic E-state index is 6.10. The van der Waals surface area contributed by atoms with Crippen molar-refractivity contribution >= 4 is 51.0 Å². The van der Waals surface area contributed by atoms with Crippen molar-refractivity contribution in [2.75, 3.05) is 11.9 Å². The molecule has 1 saturated heterocycles. The molecule has 0 amide bonds. The van der Waals surface area contributed by atoms with Gasteiger partial charge >= 0.3 is 0 Å². The van der Waals surface area contributed by atoms with E-state index >= 15 is 0 Å². The number of pyridine rings is 1. The highest BCUT2D eigenvalue weighted by Gasteiger charge is 2.41. The van der Waals surface area contributed by atoms with E-state index in [0.29, 0.717) is 17.1 Å². The number of halogens is 2. The van der Waals surface area contributed by atoms with Crippen LogP contribution in [-0.2, 0) is 4.74 Å². The Balaban J connectivity index is 1.51. The molecule has 0 atom stereocenters. The number of ether oxygens (including phenoxy) is 1. The van der Waals surface area contributed by atoms with Crippen molar-refractivity contribution in [2.45, 2.75) is 43.7 Å². The smallest absolute Gasteiger partial charge is 0.223 e.